The number of hydrogen-bond donors (Lipinski definition) is 0. The highest BCUT2D eigenvalue weighted by Gasteiger charge is 2.40. The molecule has 10 aromatic carbocycles. The molecule has 2 aliphatic carbocycles. The summed E-state index contributed by atoms with van der Waals surface area (Å²) >= 11 is 0. The van der Waals surface area contributed by atoms with Gasteiger partial charge in [-0.05, 0) is 98.6 Å². The molecule has 0 radical (unpaired) electrons. The lowest BCUT2D eigenvalue weighted by Crippen LogP contribution is -2.15. The Morgan fingerprint density at radius 2 is 0.814 bits per heavy atom. The van der Waals surface area contributed by atoms with Gasteiger partial charge < -0.3 is 17.6 Å². The quantitative estimate of drug-likeness (QED) is 0.165. The summed E-state index contributed by atoms with van der Waals surface area (Å²) in [6, 6.07) is 63.6. The summed E-state index contributed by atoms with van der Waals surface area (Å²) in [6.45, 7) is 9.58. The normalized spacial score (nSPS) is 15.1. The first kappa shape index (κ1) is 36.4. The van der Waals surface area contributed by atoms with Gasteiger partial charge in [0.15, 0.2) is 0 Å². The van der Waals surface area contributed by atoms with Crippen molar-refractivity contribution in [2.75, 3.05) is 0 Å². The van der Waals surface area contributed by atoms with Crippen molar-refractivity contribution in [1.29, 1.82) is 0 Å². The summed E-state index contributed by atoms with van der Waals surface area (Å²) in [5, 5.41) is 15.0. The zero-order chi connectivity index (χ0) is 45.8. The van der Waals surface area contributed by atoms with Gasteiger partial charge in [-0.2, -0.15) is 0 Å². The lowest BCUT2D eigenvalue weighted by Gasteiger charge is -2.22. The average Bonchev–Trinajstić information content (AvgIpc) is 4.27. The summed E-state index contributed by atoms with van der Waals surface area (Å²) in [7, 11) is 0. The number of nitrogens with zero attached hydrogens (tertiary/aromatic N) is 2. The average molecular weight is 893 g/mol. The Labute approximate surface area is 399 Å². The molecule has 0 amide bonds. The van der Waals surface area contributed by atoms with Gasteiger partial charge >= 0.3 is 0 Å². The van der Waals surface area contributed by atoms with Gasteiger partial charge in [0, 0.05) is 81.0 Å². The molecule has 4 nitrogen and oxygen atoms in total. The van der Waals surface area contributed by atoms with Crippen molar-refractivity contribution in [2.45, 2.75) is 38.5 Å². The number of furan rings is 2. The topological polar surface area (TPSA) is 35.1 Å². The van der Waals surface area contributed by atoms with Gasteiger partial charge in [-0.3, -0.25) is 0 Å². The molecule has 0 saturated heterocycles. The standard InChI is InChI=1S/C66H40N2O2/c1-65(2)43-20-7-5-12-35(43)54-44(65)24-26-47-56(54)38-15-10-16-39-57-48(67(47)62(38)39)27-25-45-55(57)36-23-22-33(32-46(36)66(45,3)4)34-14-9-19-42-61-53(70-64(34)42)31-29-50-59(61)41-18-11-17-40-58-49(68(50)63(40)41)28-30-52-60(58)37-13-6-8-21-51(37)69-52/h5-32H,1-4H3. The van der Waals surface area contributed by atoms with E-state index < -0.39 is 0 Å². The Bertz CT molecular complexity index is 5120. The van der Waals surface area contributed by atoms with Gasteiger partial charge in [0.2, 0.25) is 0 Å². The van der Waals surface area contributed by atoms with E-state index >= 15 is 0 Å². The molecule has 0 atom stereocenters. The fourth-order valence-corrected chi connectivity index (χ4v) is 14.6. The number of fused-ring (bicyclic) bond motifs is 28. The number of rotatable bonds is 1. The van der Waals surface area contributed by atoms with Crippen LogP contribution in [0, 0.1) is 0 Å². The highest BCUT2D eigenvalue weighted by molar-refractivity contribution is 6.36. The van der Waals surface area contributed by atoms with Crippen molar-refractivity contribution in [1.82, 2.24) is 8.80 Å². The molecule has 0 unspecified atom stereocenters. The monoisotopic (exact) mass is 892 g/mol. The Morgan fingerprint density at radius 3 is 1.50 bits per heavy atom. The minimum absolute atomic E-state index is 0.0526. The van der Waals surface area contributed by atoms with E-state index in [-0.39, 0.29) is 10.8 Å². The summed E-state index contributed by atoms with van der Waals surface area (Å²) in [6.07, 6.45) is 0. The van der Waals surface area contributed by atoms with Gasteiger partial charge in [0.25, 0.3) is 0 Å². The number of para-hydroxylation sites is 4. The lowest BCUT2D eigenvalue weighted by atomic mass is 9.81. The van der Waals surface area contributed by atoms with Crippen LogP contribution in [0.4, 0.5) is 0 Å². The van der Waals surface area contributed by atoms with Crippen molar-refractivity contribution < 1.29 is 8.83 Å². The fourth-order valence-electron chi connectivity index (χ4n) is 14.6. The van der Waals surface area contributed by atoms with Crippen LogP contribution in [-0.2, 0) is 10.8 Å². The van der Waals surface area contributed by atoms with E-state index in [2.05, 4.69) is 200 Å². The van der Waals surface area contributed by atoms with Gasteiger partial charge in [0.1, 0.15) is 22.3 Å². The minimum Gasteiger partial charge on any atom is -0.456 e. The molecular formula is C66H40N2O2. The van der Waals surface area contributed by atoms with E-state index in [1.54, 1.807) is 0 Å². The number of hydrogen-bond acceptors (Lipinski definition) is 2. The maximum absolute atomic E-state index is 7.04. The zero-order valence-corrected chi connectivity index (χ0v) is 38.9. The molecule has 0 spiro atoms. The predicted octanol–water partition coefficient (Wildman–Crippen LogP) is 18.1. The Kier molecular flexibility index (Phi) is 6.05. The summed E-state index contributed by atoms with van der Waals surface area (Å²) in [5.41, 5.74) is 24.2. The van der Waals surface area contributed by atoms with E-state index in [0.29, 0.717) is 0 Å². The smallest absolute Gasteiger partial charge is 0.143 e. The van der Waals surface area contributed by atoms with Gasteiger partial charge in [-0.25, -0.2) is 0 Å². The summed E-state index contributed by atoms with van der Waals surface area (Å²) < 4.78 is 18.5. The van der Waals surface area contributed by atoms with Gasteiger partial charge in [-0.15, -0.1) is 0 Å². The molecule has 0 aliphatic heterocycles. The molecule has 16 aromatic rings. The van der Waals surface area contributed by atoms with Crippen LogP contribution in [0.5, 0.6) is 0 Å². The van der Waals surface area contributed by atoms with E-state index in [1.807, 2.05) is 6.07 Å². The Morgan fingerprint density at radius 1 is 0.329 bits per heavy atom. The second-order valence-electron chi connectivity index (χ2n) is 21.4. The van der Waals surface area contributed by atoms with Crippen molar-refractivity contribution in [2.24, 2.45) is 0 Å². The first-order chi connectivity index (χ1) is 34.3. The third-order valence-corrected chi connectivity index (χ3v) is 17.6. The van der Waals surface area contributed by atoms with Crippen LogP contribution >= 0.6 is 0 Å². The van der Waals surface area contributed by atoms with Crippen molar-refractivity contribution in [3.63, 3.8) is 0 Å². The van der Waals surface area contributed by atoms with Crippen LogP contribution in [-0.4, -0.2) is 8.80 Å². The lowest BCUT2D eigenvalue weighted by molar-refractivity contribution is 0.660. The van der Waals surface area contributed by atoms with Gasteiger partial charge in [0.05, 0.1) is 33.1 Å². The van der Waals surface area contributed by atoms with E-state index in [1.165, 1.54) is 137 Å². The van der Waals surface area contributed by atoms with Gasteiger partial charge in [-0.1, -0.05) is 149 Å². The molecular weight excluding hydrogens is 853 g/mol. The molecule has 70 heavy (non-hydrogen) atoms. The number of benzene rings is 10. The number of aromatic nitrogens is 2. The fraction of sp³-hybridized carbons (Fsp3) is 0.0909. The largest absolute Gasteiger partial charge is 0.456 e. The van der Waals surface area contributed by atoms with Crippen molar-refractivity contribution >= 4 is 120 Å². The Balaban J connectivity index is 0.840. The molecule has 0 N–H and O–H groups in total. The summed E-state index contributed by atoms with van der Waals surface area (Å²) in [4.78, 5) is 0. The maximum atomic E-state index is 7.04. The third-order valence-electron chi connectivity index (χ3n) is 17.6. The van der Waals surface area contributed by atoms with Crippen LogP contribution in [0.15, 0.2) is 179 Å². The predicted molar refractivity (Wildman–Crippen MR) is 291 cm³/mol. The van der Waals surface area contributed by atoms with Crippen LogP contribution in [0.3, 0.4) is 0 Å². The minimum atomic E-state index is -0.217. The van der Waals surface area contributed by atoms with Crippen molar-refractivity contribution in [3.8, 4) is 33.4 Å². The van der Waals surface area contributed by atoms with E-state index in [0.717, 1.165) is 38.7 Å². The highest BCUT2D eigenvalue weighted by Crippen LogP contribution is 2.58. The van der Waals surface area contributed by atoms with Crippen LogP contribution in [0.1, 0.15) is 49.9 Å². The molecule has 2 aliphatic rings. The molecule has 0 saturated carbocycles. The second-order valence-corrected chi connectivity index (χ2v) is 21.4. The Hall–Kier alpha value is -8.60. The second kappa shape index (κ2) is 11.6. The molecule has 18 rings (SSSR count). The van der Waals surface area contributed by atoms with Crippen LogP contribution in [0.25, 0.3) is 153 Å². The van der Waals surface area contributed by atoms with Crippen molar-refractivity contribution in [3.05, 3.63) is 192 Å². The van der Waals surface area contributed by atoms with Crippen LogP contribution < -0.4 is 0 Å². The first-order valence-corrected chi connectivity index (χ1v) is 24.7. The molecule has 4 heteroatoms. The molecule has 6 heterocycles. The summed E-state index contributed by atoms with van der Waals surface area (Å²) in [5.74, 6) is 0. The van der Waals surface area contributed by atoms with E-state index in [4.69, 9.17) is 8.83 Å². The third kappa shape index (κ3) is 3.88. The SMILES string of the molecule is CC1(C)c2ccccc2-c2c1ccc1c2c2cccc3c4c5c(ccc4n1c23)C(C)(C)c1cc(-c2cccc3c2oc2ccc4c(c6cccc7c8c9c(ccc8n4c76)oc4ccccc49)c23)ccc1-5. The first-order valence-electron chi connectivity index (χ1n) is 24.7. The molecule has 326 valence electrons. The van der Waals surface area contributed by atoms with E-state index in [9.17, 15) is 0 Å². The molecule has 6 aromatic heterocycles. The zero-order valence-electron chi connectivity index (χ0n) is 38.9. The molecule has 0 bridgehead atoms. The van der Waals surface area contributed by atoms with Crippen LogP contribution in [0.2, 0.25) is 0 Å². The maximum Gasteiger partial charge on any atom is 0.143 e. The highest BCUT2D eigenvalue weighted by atomic mass is 16.3. The molecule has 0 fully saturated rings.